The van der Waals surface area contributed by atoms with Crippen molar-refractivity contribution in [1.82, 2.24) is 5.32 Å². The Labute approximate surface area is 125 Å². The molecule has 1 aromatic carbocycles. The zero-order chi connectivity index (χ0) is 15.8. The van der Waals surface area contributed by atoms with Crippen LogP contribution in [0.15, 0.2) is 18.2 Å². The molecule has 0 saturated heterocycles. The fourth-order valence-electron chi connectivity index (χ4n) is 1.95. The maximum absolute atomic E-state index is 11.8. The van der Waals surface area contributed by atoms with Crippen LogP contribution in [0.3, 0.4) is 0 Å². The van der Waals surface area contributed by atoms with Crippen molar-refractivity contribution in [1.29, 1.82) is 0 Å². The lowest BCUT2D eigenvalue weighted by molar-refractivity contribution is -0.141. The minimum absolute atomic E-state index is 0.196. The van der Waals surface area contributed by atoms with Crippen LogP contribution in [0.5, 0.6) is 5.75 Å². The summed E-state index contributed by atoms with van der Waals surface area (Å²) >= 11 is 0. The largest absolute Gasteiger partial charge is 0.465 e. The van der Waals surface area contributed by atoms with E-state index >= 15 is 0 Å². The van der Waals surface area contributed by atoms with E-state index in [0.29, 0.717) is 5.75 Å². The van der Waals surface area contributed by atoms with Crippen molar-refractivity contribution in [3.63, 3.8) is 0 Å². The molecule has 1 rings (SSSR count). The number of hydrogen-bond donors (Lipinski definition) is 1. The molecule has 0 spiro atoms. The second kappa shape index (κ2) is 8.29. The van der Waals surface area contributed by atoms with Gasteiger partial charge < -0.3 is 14.8 Å². The maximum Gasteiger partial charge on any atom is 0.413 e. The highest BCUT2D eigenvalue weighted by Gasteiger charge is 2.16. The van der Waals surface area contributed by atoms with Crippen LogP contribution in [0, 0.1) is 0 Å². The van der Waals surface area contributed by atoms with Crippen LogP contribution in [0.25, 0.3) is 0 Å². The molecule has 0 aliphatic carbocycles. The van der Waals surface area contributed by atoms with Gasteiger partial charge in [0.1, 0.15) is 12.3 Å². The quantitative estimate of drug-likeness (QED) is 0.819. The average molecular weight is 293 g/mol. The van der Waals surface area contributed by atoms with Gasteiger partial charge in [-0.15, -0.1) is 0 Å². The number of amides is 1. The first-order valence-electron chi connectivity index (χ1n) is 7.22. The maximum atomic E-state index is 11.8. The fraction of sp³-hybridized carbons (Fsp3) is 0.500. The lowest BCUT2D eigenvalue weighted by atomic mass is 9.98. The Morgan fingerprint density at radius 3 is 2.52 bits per heavy atom. The molecule has 0 radical (unpaired) electrons. The molecule has 0 aromatic heterocycles. The summed E-state index contributed by atoms with van der Waals surface area (Å²) in [6.07, 6.45) is 0.118. The Bertz CT molecular complexity index is 497. The van der Waals surface area contributed by atoms with Crippen molar-refractivity contribution in [2.45, 2.75) is 40.0 Å². The number of rotatable bonds is 6. The third kappa shape index (κ3) is 5.10. The summed E-state index contributed by atoms with van der Waals surface area (Å²) in [6.45, 7) is 7.88. The highest BCUT2D eigenvalue weighted by molar-refractivity contribution is 5.79. The second-order valence-corrected chi connectivity index (χ2v) is 4.89. The first kappa shape index (κ1) is 17.0. The molecule has 1 aromatic rings. The molecular weight excluding hydrogens is 270 g/mol. The number of hydrogen-bond acceptors (Lipinski definition) is 4. The van der Waals surface area contributed by atoms with E-state index in [1.165, 1.54) is 0 Å². The van der Waals surface area contributed by atoms with Gasteiger partial charge in [0.05, 0.1) is 6.61 Å². The lowest BCUT2D eigenvalue weighted by Gasteiger charge is -2.16. The summed E-state index contributed by atoms with van der Waals surface area (Å²) in [6, 6.07) is 5.83. The number of aryl methyl sites for hydroxylation is 1. The summed E-state index contributed by atoms with van der Waals surface area (Å²) in [7, 11) is 0. The highest BCUT2D eigenvalue weighted by atomic mass is 16.6. The van der Waals surface area contributed by atoms with E-state index in [-0.39, 0.29) is 19.1 Å². The molecule has 0 aliphatic heterocycles. The van der Waals surface area contributed by atoms with Gasteiger partial charge in [-0.1, -0.05) is 39.0 Å². The molecule has 0 aliphatic rings. The molecule has 0 bridgehead atoms. The van der Waals surface area contributed by atoms with Crippen molar-refractivity contribution in [3.8, 4) is 5.75 Å². The van der Waals surface area contributed by atoms with Crippen LogP contribution in [-0.2, 0) is 16.0 Å². The number of ether oxygens (including phenoxy) is 2. The highest BCUT2D eigenvalue weighted by Crippen LogP contribution is 2.30. The van der Waals surface area contributed by atoms with E-state index in [1.807, 2.05) is 39.0 Å². The number of esters is 1. The molecule has 1 N–H and O–H groups in total. The van der Waals surface area contributed by atoms with E-state index < -0.39 is 12.1 Å². The van der Waals surface area contributed by atoms with Crippen LogP contribution in [0.1, 0.15) is 44.7 Å². The van der Waals surface area contributed by atoms with Crippen molar-refractivity contribution in [3.05, 3.63) is 29.3 Å². The SMILES string of the molecule is CCOC(=O)CNC(=O)Oc1c(CC)cccc1C(C)C. The van der Waals surface area contributed by atoms with Crippen LogP contribution in [0.4, 0.5) is 4.79 Å². The van der Waals surface area contributed by atoms with Crippen molar-refractivity contribution in [2.75, 3.05) is 13.2 Å². The van der Waals surface area contributed by atoms with Crippen LogP contribution >= 0.6 is 0 Å². The summed E-state index contributed by atoms with van der Waals surface area (Å²) in [5.41, 5.74) is 1.94. The smallest absolute Gasteiger partial charge is 0.413 e. The Kier molecular flexibility index (Phi) is 6.72. The van der Waals surface area contributed by atoms with E-state index in [4.69, 9.17) is 9.47 Å². The third-order valence-corrected chi connectivity index (χ3v) is 3.01. The topological polar surface area (TPSA) is 64.6 Å². The van der Waals surface area contributed by atoms with Gasteiger partial charge in [0.25, 0.3) is 0 Å². The number of carbonyl (C=O) groups is 2. The molecule has 0 unspecified atom stereocenters. The van der Waals surface area contributed by atoms with Gasteiger partial charge in [0.15, 0.2) is 0 Å². The predicted octanol–water partition coefficient (Wildman–Crippen LogP) is 3.02. The van der Waals surface area contributed by atoms with Crippen molar-refractivity contribution < 1.29 is 19.1 Å². The molecule has 0 fully saturated rings. The van der Waals surface area contributed by atoms with Crippen LogP contribution in [-0.4, -0.2) is 25.2 Å². The molecule has 1 amide bonds. The van der Waals surface area contributed by atoms with Crippen molar-refractivity contribution in [2.24, 2.45) is 0 Å². The number of benzene rings is 1. The Morgan fingerprint density at radius 1 is 1.24 bits per heavy atom. The molecule has 0 heterocycles. The second-order valence-electron chi connectivity index (χ2n) is 4.89. The minimum Gasteiger partial charge on any atom is -0.465 e. The fourth-order valence-corrected chi connectivity index (χ4v) is 1.95. The average Bonchev–Trinajstić information content (AvgIpc) is 2.45. The summed E-state index contributed by atoms with van der Waals surface area (Å²) in [5.74, 6) is 0.336. The molecule has 5 nitrogen and oxygen atoms in total. The molecule has 0 atom stereocenters. The zero-order valence-corrected chi connectivity index (χ0v) is 13.1. The van der Waals surface area contributed by atoms with Crippen molar-refractivity contribution >= 4 is 12.1 Å². The Balaban J connectivity index is 2.77. The molecule has 5 heteroatoms. The first-order chi connectivity index (χ1) is 9.99. The van der Waals surface area contributed by atoms with Gasteiger partial charge in [0, 0.05) is 0 Å². The molecule has 116 valence electrons. The summed E-state index contributed by atoms with van der Waals surface area (Å²) < 4.78 is 10.1. The number of nitrogens with one attached hydrogen (secondary N) is 1. The third-order valence-electron chi connectivity index (χ3n) is 3.01. The first-order valence-corrected chi connectivity index (χ1v) is 7.22. The molecule has 21 heavy (non-hydrogen) atoms. The minimum atomic E-state index is -0.647. The summed E-state index contributed by atoms with van der Waals surface area (Å²) in [4.78, 5) is 23.0. The number of para-hydroxylation sites is 1. The number of carbonyl (C=O) groups excluding carboxylic acids is 2. The Morgan fingerprint density at radius 2 is 1.95 bits per heavy atom. The Hall–Kier alpha value is -2.04. The lowest BCUT2D eigenvalue weighted by Crippen LogP contribution is -2.33. The van der Waals surface area contributed by atoms with Gasteiger partial charge >= 0.3 is 12.1 Å². The molecule has 0 saturated carbocycles. The van der Waals surface area contributed by atoms with Gasteiger partial charge in [-0.3, -0.25) is 4.79 Å². The van der Waals surface area contributed by atoms with Crippen LogP contribution < -0.4 is 10.1 Å². The molecular formula is C16H23NO4. The predicted molar refractivity (Wildman–Crippen MR) is 80.6 cm³/mol. The van der Waals surface area contributed by atoms with E-state index in [9.17, 15) is 9.59 Å². The van der Waals surface area contributed by atoms with E-state index in [0.717, 1.165) is 17.5 Å². The van der Waals surface area contributed by atoms with Gasteiger partial charge in [-0.25, -0.2) is 4.79 Å². The zero-order valence-electron chi connectivity index (χ0n) is 13.1. The van der Waals surface area contributed by atoms with Gasteiger partial charge in [-0.2, -0.15) is 0 Å². The normalized spacial score (nSPS) is 10.3. The van der Waals surface area contributed by atoms with Crippen LogP contribution in [0.2, 0.25) is 0 Å². The van der Waals surface area contributed by atoms with Gasteiger partial charge in [-0.05, 0) is 30.4 Å². The standard InChI is InChI=1S/C16H23NO4/c1-5-12-8-7-9-13(11(3)4)15(12)21-16(19)17-10-14(18)20-6-2/h7-9,11H,5-6,10H2,1-4H3,(H,17,19). The van der Waals surface area contributed by atoms with Gasteiger partial charge in [0.2, 0.25) is 0 Å². The van der Waals surface area contributed by atoms with E-state index in [1.54, 1.807) is 6.92 Å². The van der Waals surface area contributed by atoms with E-state index in [2.05, 4.69) is 5.32 Å². The monoisotopic (exact) mass is 293 g/mol. The summed E-state index contributed by atoms with van der Waals surface area (Å²) in [5, 5.41) is 2.40.